The molecule has 0 aliphatic carbocycles. The summed E-state index contributed by atoms with van der Waals surface area (Å²) in [6, 6.07) is 22.2. The van der Waals surface area contributed by atoms with Gasteiger partial charge in [-0.25, -0.2) is 12.7 Å². The minimum atomic E-state index is -3.71. The van der Waals surface area contributed by atoms with Crippen LogP contribution in [-0.4, -0.2) is 36.0 Å². The summed E-state index contributed by atoms with van der Waals surface area (Å²) in [7, 11) is -0.802. The minimum Gasteiger partial charge on any atom is -0.302 e. The van der Waals surface area contributed by atoms with Crippen LogP contribution in [0.2, 0.25) is 0 Å². The van der Waals surface area contributed by atoms with Gasteiger partial charge < -0.3 is 4.57 Å². The van der Waals surface area contributed by atoms with Crippen molar-refractivity contribution in [2.75, 3.05) is 14.1 Å². The van der Waals surface area contributed by atoms with Crippen LogP contribution in [0.25, 0.3) is 22.2 Å². The molecule has 0 unspecified atom stereocenters. The van der Waals surface area contributed by atoms with Crippen LogP contribution in [0.4, 0.5) is 0 Å². The average molecular weight is 464 g/mol. The molecule has 3 aromatic carbocycles. The SMILES string of the molecule is CCn1c(=O)c(=O)n(Cc2ccc(-c3ccccc3)cc2)c2cc(S(=O)(=O)N(C)C)ccc21. The number of benzene rings is 3. The second-order valence-electron chi connectivity index (χ2n) is 7.94. The zero-order valence-electron chi connectivity index (χ0n) is 18.7. The molecule has 4 rings (SSSR count). The Morgan fingerprint density at radius 1 is 0.758 bits per heavy atom. The Hall–Kier alpha value is -3.49. The van der Waals surface area contributed by atoms with Crippen molar-refractivity contribution < 1.29 is 8.42 Å². The summed E-state index contributed by atoms with van der Waals surface area (Å²) < 4.78 is 29.2. The Morgan fingerprint density at radius 3 is 1.97 bits per heavy atom. The van der Waals surface area contributed by atoms with Crippen molar-refractivity contribution >= 4 is 21.1 Å². The third kappa shape index (κ3) is 4.15. The zero-order chi connectivity index (χ0) is 23.8. The molecule has 33 heavy (non-hydrogen) atoms. The van der Waals surface area contributed by atoms with E-state index in [0.29, 0.717) is 17.6 Å². The van der Waals surface area contributed by atoms with Crippen LogP contribution in [-0.2, 0) is 23.1 Å². The maximum atomic E-state index is 13.0. The summed E-state index contributed by atoms with van der Waals surface area (Å²) in [6.45, 7) is 2.23. The minimum absolute atomic E-state index is 0.0638. The molecule has 0 aliphatic heterocycles. The fourth-order valence-corrected chi connectivity index (χ4v) is 4.78. The first-order valence-electron chi connectivity index (χ1n) is 10.6. The third-order valence-corrected chi connectivity index (χ3v) is 7.51. The molecule has 8 heteroatoms. The molecule has 0 bridgehead atoms. The van der Waals surface area contributed by atoms with E-state index in [4.69, 9.17) is 0 Å². The van der Waals surface area contributed by atoms with Gasteiger partial charge in [-0.15, -0.1) is 0 Å². The van der Waals surface area contributed by atoms with E-state index in [1.165, 1.54) is 35.4 Å². The molecule has 4 aromatic rings. The summed E-state index contributed by atoms with van der Waals surface area (Å²) in [5.74, 6) is 0. The fraction of sp³-hybridized carbons (Fsp3) is 0.200. The lowest BCUT2D eigenvalue weighted by atomic mass is 10.0. The number of hydrogen-bond donors (Lipinski definition) is 0. The van der Waals surface area contributed by atoms with Gasteiger partial charge in [0.2, 0.25) is 10.0 Å². The quantitative estimate of drug-likeness (QED) is 0.412. The van der Waals surface area contributed by atoms with Crippen molar-refractivity contribution in [3.05, 3.63) is 99.1 Å². The van der Waals surface area contributed by atoms with Gasteiger partial charge in [-0.1, -0.05) is 54.6 Å². The molecule has 0 amide bonds. The number of rotatable bonds is 6. The van der Waals surface area contributed by atoms with Crippen LogP contribution < -0.4 is 11.1 Å². The summed E-state index contributed by atoms with van der Waals surface area (Å²) in [6.07, 6.45) is 0. The first kappa shape index (κ1) is 22.7. The van der Waals surface area contributed by atoms with Gasteiger partial charge in [-0.2, -0.15) is 0 Å². The van der Waals surface area contributed by atoms with Gasteiger partial charge in [0.25, 0.3) is 0 Å². The molecule has 7 nitrogen and oxygen atoms in total. The van der Waals surface area contributed by atoms with Crippen molar-refractivity contribution in [2.24, 2.45) is 0 Å². The highest BCUT2D eigenvalue weighted by Crippen LogP contribution is 2.22. The van der Waals surface area contributed by atoms with E-state index >= 15 is 0 Å². The lowest BCUT2D eigenvalue weighted by Crippen LogP contribution is -2.41. The molecule has 0 saturated carbocycles. The second-order valence-corrected chi connectivity index (χ2v) is 10.1. The monoisotopic (exact) mass is 463 g/mol. The fourth-order valence-electron chi connectivity index (χ4n) is 3.86. The Labute approximate surface area is 192 Å². The first-order chi connectivity index (χ1) is 15.7. The Bertz CT molecular complexity index is 1540. The highest BCUT2D eigenvalue weighted by Gasteiger charge is 2.20. The largest absolute Gasteiger partial charge is 0.317 e. The van der Waals surface area contributed by atoms with Crippen LogP contribution >= 0.6 is 0 Å². The molecule has 0 aliphatic rings. The number of sulfonamides is 1. The lowest BCUT2D eigenvalue weighted by molar-refractivity contribution is 0.521. The average Bonchev–Trinajstić information content (AvgIpc) is 2.83. The molecular weight excluding hydrogens is 438 g/mol. The van der Waals surface area contributed by atoms with E-state index in [9.17, 15) is 18.0 Å². The van der Waals surface area contributed by atoms with Gasteiger partial charge in [-0.3, -0.25) is 14.2 Å². The van der Waals surface area contributed by atoms with Crippen LogP contribution in [0.3, 0.4) is 0 Å². The molecular formula is C25H25N3O4S. The van der Waals surface area contributed by atoms with E-state index in [2.05, 4.69) is 0 Å². The molecule has 0 saturated heterocycles. The molecule has 0 radical (unpaired) electrons. The van der Waals surface area contributed by atoms with Gasteiger partial charge in [0.05, 0.1) is 22.5 Å². The Kier molecular flexibility index (Phi) is 6.05. The summed E-state index contributed by atoms with van der Waals surface area (Å²) >= 11 is 0. The molecule has 0 spiro atoms. The number of fused-ring (bicyclic) bond motifs is 1. The smallest absolute Gasteiger partial charge is 0.302 e. The molecule has 0 fully saturated rings. The van der Waals surface area contributed by atoms with Gasteiger partial charge in [0, 0.05) is 20.6 Å². The molecule has 1 aromatic heterocycles. The zero-order valence-corrected chi connectivity index (χ0v) is 19.5. The maximum absolute atomic E-state index is 13.0. The molecule has 0 N–H and O–H groups in total. The summed E-state index contributed by atoms with van der Waals surface area (Å²) in [5.41, 5.74) is 2.54. The Morgan fingerprint density at radius 2 is 1.36 bits per heavy atom. The molecule has 0 atom stereocenters. The number of hydrogen-bond acceptors (Lipinski definition) is 4. The van der Waals surface area contributed by atoms with Crippen molar-refractivity contribution in [3.63, 3.8) is 0 Å². The Balaban J connectivity index is 1.86. The van der Waals surface area contributed by atoms with Gasteiger partial charge >= 0.3 is 11.1 Å². The van der Waals surface area contributed by atoms with Crippen LogP contribution in [0.15, 0.2) is 87.3 Å². The van der Waals surface area contributed by atoms with Gasteiger partial charge in [0.15, 0.2) is 0 Å². The van der Waals surface area contributed by atoms with Crippen molar-refractivity contribution in [2.45, 2.75) is 24.9 Å². The van der Waals surface area contributed by atoms with E-state index in [-0.39, 0.29) is 11.4 Å². The third-order valence-electron chi connectivity index (χ3n) is 5.70. The molecule has 1 heterocycles. The topological polar surface area (TPSA) is 81.4 Å². The van der Waals surface area contributed by atoms with E-state index in [0.717, 1.165) is 21.0 Å². The van der Waals surface area contributed by atoms with Crippen molar-refractivity contribution in [1.29, 1.82) is 0 Å². The predicted octanol–water partition coefficient (Wildman–Crippen LogP) is 3.15. The maximum Gasteiger partial charge on any atom is 0.317 e. The molecule has 170 valence electrons. The number of aromatic nitrogens is 2. The number of nitrogens with zero attached hydrogens (tertiary/aromatic N) is 3. The lowest BCUT2D eigenvalue weighted by Gasteiger charge is -2.17. The van der Waals surface area contributed by atoms with E-state index in [1.807, 2.05) is 54.6 Å². The summed E-state index contributed by atoms with van der Waals surface area (Å²) in [5, 5.41) is 0. The van der Waals surface area contributed by atoms with Gasteiger partial charge in [0.1, 0.15) is 0 Å². The van der Waals surface area contributed by atoms with Crippen LogP contribution in [0.5, 0.6) is 0 Å². The van der Waals surface area contributed by atoms with Crippen molar-refractivity contribution in [3.8, 4) is 11.1 Å². The highest BCUT2D eigenvalue weighted by atomic mass is 32.2. The van der Waals surface area contributed by atoms with Gasteiger partial charge in [-0.05, 0) is 41.8 Å². The second kappa shape index (κ2) is 8.80. The normalized spacial score (nSPS) is 11.9. The predicted molar refractivity (Wildman–Crippen MR) is 130 cm³/mol. The van der Waals surface area contributed by atoms with E-state index in [1.54, 1.807) is 13.0 Å². The highest BCUT2D eigenvalue weighted by molar-refractivity contribution is 7.89. The standard InChI is InChI=1S/C25H25N3O4S/c1-4-27-22-15-14-21(33(31,32)26(2)3)16-23(22)28(25(30)24(27)29)17-18-10-12-20(13-11-18)19-8-6-5-7-9-19/h5-16H,4,17H2,1-3H3. The summed E-state index contributed by atoms with van der Waals surface area (Å²) in [4.78, 5) is 25.8. The van der Waals surface area contributed by atoms with Crippen LogP contribution in [0, 0.1) is 0 Å². The van der Waals surface area contributed by atoms with Crippen LogP contribution in [0.1, 0.15) is 12.5 Å². The van der Waals surface area contributed by atoms with Crippen molar-refractivity contribution in [1.82, 2.24) is 13.4 Å². The first-order valence-corrected chi connectivity index (χ1v) is 12.0. The van der Waals surface area contributed by atoms with E-state index < -0.39 is 21.1 Å². The number of aryl methyl sites for hydroxylation is 1.